The molecule has 1 aromatic carbocycles. The molecule has 0 bridgehead atoms. The Labute approximate surface area is 119 Å². The van der Waals surface area contributed by atoms with Crippen LogP contribution >= 0.6 is 0 Å². The first-order valence-electron chi connectivity index (χ1n) is 6.96. The van der Waals surface area contributed by atoms with Crippen molar-refractivity contribution in [3.05, 3.63) is 24.3 Å². The lowest BCUT2D eigenvalue weighted by Gasteiger charge is -2.17. The molecule has 0 aromatic heterocycles. The largest absolute Gasteiger partial charge is 0.383 e. The molecule has 2 atom stereocenters. The summed E-state index contributed by atoms with van der Waals surface area (Å²) in [7, 11) is 1.66. The van der Waals surface area contributed by atoms with E-state index in [1.165, 1.54) is 0 Å². The van der Waals surface area contributed by atoms with Gasteiger partial charge in [0.05, 0.1) is 30.0 Å². The van der Waals surface area contributed by atoms with E-state index >= 15 is 0 Å². The predicted molar refractivity (Wildman–Crippen MR) is 79.0 cm³/mol. The van der Waals surface area contributed by atoms with Crippen LogP contribution in [0.25, 0.3) is 0 Å². The molecule has 20 heavy (non-hydrogen) atoms. The maximum atomic E-state index is 12.3. The molecule has 1 fully saturated rings. The number of rotatable bonds is 6. The molecule has 5 heteroatoms. The van der Waals surface area contributed by atoms with Crippen molar-refractivity contribution in [3.63, 3.8) is 0 Å². The summed E-state index contributed by atoms with van der Waals surface area (Å²) >= 11 is 0. The van der Waals surface area contributed by atoms with Crippen molar-refractivity contribution in [2.75, 3.05) is 37.5 Å². The first kappa shape index (κ1) is 14.8. The Morgan fingerprint density at radius 1 is 1.40 bits per heavy atom. The van der Waals surface area contributed by atoms with Crippen LogP contribution in [0.2, 0.25) is 0 Å². The molecular formula is C15H22N2O3. The van der Waals surface area contributed by atoms with Gasteiger partial charge >= 0.3 is 0 Å². The zero-order chi connectivity index (χ0) is 14.4. The van der Waals surface area contributed by atoms with Gasteiger partial charge in [-0.2, -0.15) is 0 Å². The summed E-state index contributed by atoms with van der Waals surface area (Å²) in [5.41, 5.74) is 1.71. The maximum absolute atomic E-state index is 12.3. The zero-order valence-corrected chi connectivity index (χ0v) is 12.0. The summed E-state index contributed by atoms with van der Waals surface area (Å²) in [6, 6.07) is 7.69. The van der Waals surface area contributed by atoms with Gasteiger partial charge in [-0.3, -0.25) is 4.79 Å². The Kier molecular flexibility index (Phi) is 5.38. The Balaban J connectivity index is 1.99. The van der Waals surface area contributed by atoms with E-state index in [2.05, 4.69) is 10.6 Å². The third kappa shape index (κ3) is 3.71. The van der Waals surface area contributed by atoms with Gasteiger partial charge in [-0.25, -0.2) is 0 Å². The number of amides is 1. The first-order chi connectivity index (χ1) is 9.72. The fraction of sp³-hybridized carbons (Fsp3) is 0.533. The number of methoxy groups -OCH3 is 1. The summed E-state index contributed by atoms with van der Waals surface area (Å²) in [4.78, 5) is 12.3. The molecular weight excluding hydrogens is 256 g/mol. The minimum Gasteiger partial charge on any atom is -0.383 e. The molecule has 0 radical (unpaired) electrons. The van der Waals surface area contributed by atoms with Crippen LogP contribution in [-0.2, 0) is 14.3 Å². The monoisotopic (exact) mass is 278 g/mol. The lowest BCUT2D eigenvalue weighted by molar-refractivity contribution is -0.121. The number of anilines is 2. The molecule has 1 aromatic rings. The third-order valence-electron chi connectivity index (χ3n) is 3.52. The van der Waals surface area contributed by atoms with E-state index in [1.54, 1.807) is 7.11 Å². The second-order valence-electron chi connectivity index (χ2n) is 4.93. The van der Waals surface area contributed by atoms with E-state index < -0.39 is 0 Å². The van der Waals surface area contributed by atoms with E-state index in [1.807, 2.05) is 31.2 Å². The van der Waals surface area contributed by atoms with Crippen LogP contribution in [0.3, 0.4) is 0 Å². The van der Waals surface area contributed by atoms with E-state index in [4.69, 9.17) is 9.47 Å². The Bertz CT molecular complexity index is 450. The van der Waals surface area contributed by atoms with Crippen molar-refractivity contribution in [2.24, 2.45) is 5.92 Å². The number of hydrogen-bond donors (Lipinski definition) is 2. The zero-order valence-electron chi connectivity index (χ0n) is 12.0. The van der Waals surface area contributed by atoms with Gasteiger partial charge in [-0.15, -0.1) is 0 Å². The summed E-state index contributed by atoms with van der Waals surface area (Å²) in [5.74, 6) is -0.0435. The number of carbonyl (C=O) groups is 1. The second-order valence-corrected chi connectivity index (χ2v) is 4.93. The van der Waals surface area contributed by atoms with E-state index in [0.717, 1.165) is 17.8 Å². The van der Waals surface area contributed by atoms with Crippen molar-refractivity contribution in [1.29, 1.82) is 0 Å². The smallest absolute Gasteiger partial charge is 0.230 e. The van der Waals surface area contributed by atoms with Crippen LogP contribution in [0.5, 0.6) is 0 Å². The molecule has 110 valence electrons. The van der Waals surface area contributed by atoms with Crippen molar-refractivity contribution < 1.29 is 14.3 Å². The summed E-state index contributed by atoms with van der Waals surface area (Å²) in [6.07, 6.45) is 0.773. The molecule has 0 spiro atoms. The average molecular weight is 278 g/mol. The molecule has 1 saturated heterocycles. The normalized spacial score (nSPS) is 21.7. The number of carbonyl (C=O) groups excluding carboxylic acids is 1. The highest BCUT2D eigenvalue weighted by molar-refractivity contribution is 5.96. The fourth-order valence-electron chi connectivity index (χ4n) is 2.34. The second kappa shape index (κ2) is 7.26. The van der Waals surface area contributed by atoms with E-state index in [9.17, 15) is 4.79 Å². The van der Waals surface area contributed by atoms with E-state index in [0.29, 0.717) is 19.8 Å². The molecule has 1 amide bonds. The highest BCUT2D eigenvalue weighted by Crippen LogP contribution is 2.25. The fourth-order valence-corrected chi connectivity index (χ4v) is 2.34. The summed E-state index contributed by atoms with van der Waals surface area (Å²) in [6.45, 7) is 3.93. The quantitative estimate of drug-likeness (QED) is 0.782. The maximum Gasteiger partial charge on any atom is 0.230 e. The molecule has 0 saturated carbocycles. The van der Waals surface area contributed by atoms with Gasteiger partial charge in [0.15, 0.2) is 0 Å². The number of para-hydroxylation sites is 2. The topological polar surface area (TPSA) is 59.6 Å². The van der Waals surface area contributed by atoms with Gasteiger partial charge in [0.25, 0.3) is 0 Å². The van der Waals surface area contributed by atoms with Gasteiger partial charge in [0, 0.05) is 20.3 Å². The number of ether oxygens (including phenoxy) is 2. The lowest BCUT2D eigenvalue weighted by atomic mass is 10.0. The summed E-state index contributed by atoms with van der Waals surface area (Å²) in [5, 5.41) is 6.24. The lowest BCUT2D eigenvalue weighted by Crippen LogP contribution is -2.28. The van der Waals surface area contributed by atoms with Gasteiger partial charge in [0.2, 0.25) is 5.91 Å². The molecule has 2 unspecified atom stereocenters. The minimum absolute atomic E-state index is 0.0105. The van der Waals surface area contributed by atoms with Crippen molar-refractivity contribution in [1.82, 2.24) is 0 Å². The van der Waals surface area contributed by atoms with Crippen LogP contribution in [-0.4, -0.2) is 38.9 Å². The van der Waals surface area contributed by atoms with Crippen LogP contribution in [0, 0.1) is 5.92 Å². The van der Waals surface area contributed by atoms with Crippen LogP contribution in [0.4, 0.5) is 11.4 Å². The molecule has 5 nitrogen and oxygen atoms in total. The number of benzene rings is 1. The minimum atomic E-state index is -0.0676. The molecule has 2 rings (SSSR count). The van der Waals surface area contributed by atoms with Gasteiger partial charge in [0.1, 0.15) is 0 Å². The predicted octanol–water partition coefficient (Wildman–Crippen LogP) is 2.11. The highest BCUT2D eigenvalue weighted by Gasteiger charge is 2.30. The van der Waals surface area contributed by atoms with Gasteiger partial charge in [-0.05, 0) is 25.5 Å². The van der Waals surface area contributed by atoms with Crippen molar-refractivity contribution >= 4 is 17.3 Å². The van der Waals surface area contributed by atoms with Crippen LogP contribution in [0.1, 0.15) is 13.3 Å². The average Bonchev–Trinajstić information content (AvgIpc) is 2.87. The first-order valence-corrected chi connectivity index (χ1v) is 6.96. The van der Waals surface area contributed by atoms with Crippen molar-refractivity contribution in [3.8, 4) is 0 Å². The van der Waals surface area contributed by atoms with Crippen LogP contribution in [0.15, 0.2) is 24.3 Å². The molecule has 0 aliphatic carbocycles. The molecule has 1 aliphatic heterocycles. The van der Waals surface area contributed by atoms with Crippen LogP contribution < -0.4 is 10.6 Å². The third-order valence-corrected chi connectivity index (χ3v) is 3.52. The summed E-state index contributed by atoms with van der Waals surface area (Å²) < 4.78 is 10.5. The van der Waals surface area contributed by atoms with Crippen molar-refractivity contribution in [2.45, 2.75) is 19.4 Å². The molecule has 2 N–H and O–H groups in total. The highest BCUT2D eigenvalue weighted by atomic mass is 16.5. The Morgan fingerprint density at radius 3 is 2.80 bits per heavy atom. The van der Waals surface area contributed by atoms with Gasteiger partial charge < -0.3 is 20.1 Å². The molecule has 1 aliphatic rings. The number of hydrogen-bond acceptors (Lipinski definition) is 4. The Hall–Kier alpha value is -1.59. The van der Waals surface area contributed by atoms with E-state index in [-0.39, 0.29) is 17.9 Å². The van der Waals surface area contributed by atoms with Gasteiger partial charge in [-0.1, -0.05) is 12.1 Å². The standard InChI is InChI=1S/C15H22N2O3/c1-11-12(7-9-20-11)15(18)17-14-6-4-3-5-13(14)16-8-10-19-2/h3-6,11-12,16H,7-10H2,1-2H3,(H,17,18). The molecule has 1 heterocycles. The SMILES string of the molecule is COCCNc1ccccc1NC(=O)C1CCOC1C. The number of nitrogens with one attached hydrogen (secondary N) is 2. The Morgan fingerprint density at radius 2 is 2.15 bits per heavy atom.